The van der Waals surface area contributed by atoms with E-state index in [-0.39, 0.29) is 12.1 Å². The molecule has 0 amide bonds. The molecule has 2 atom stereocenters. The molecule has 0 aromatic rings. The second-order valence-electron chi connectivity index (χ2n) is 4.46. The highest BCUT2D eigenvalue weighted by atomic mass is 16.3. The van der Waals surface area contributed by atoms with Crippen molar-refractivity contribution < 1.29 is 5.11 Å². The summed E-state index contributed by atoms with van der Waals surface area (Å²) >= 11 is 0. The van der Waals surface area contributed by atoms with E-state index in [2.05, 4.69) is 11.8 Å². The van der Waals surface area contributed by atoms with Crippen molar-refractivity contribution >= 4 is 0 Å². The Bertz CT molecular complexity index is 153. The zero-order chi connectivity index (χ0) is 10.6. The lowest BCUT2D eigenvalue weighted by atomic mass is 9.94. The Kier molecular flexibility index (Phi) is 4.85. The van der Waals surface area contributed by atoms with Crippen molar-refractivity contribution in [2.24, 2.45) is 11.7 Å². The Morgan fingerprint density at radius 1 is 1.50 bits per heavy atom. The molecule has 0 bridgehead atoms. The Hall–Kier alpha value is -0.120. The van der Waals surface area contributed by atoms with Gasteiger partial charge in [0.2, 0.25) is 0 Å². The number of piperidine rings is 1. The van der Waals surface area contributed by atoms with E-state index < -0.39 is 0 Å². The van der Waals surface area contributed by atoms with E-state index in [0.29, 0.717) is 0 Å². The molecule has 1 heterocycles. The van der Waals surface area contributed by atoms with Gasteiger partial charge < -0.3 is 15.7 Å². The highest BCUT2D eigenvalue weighted by Gasteiger charge is 2.20. The fourth-order valence-corrected chi connectivity index (χ4v) is 1.89. The molecule has 1 aliphatic rings. The minimum atomic E-state index is -0.383. The molecule has 14 heavy (non-hydrogen) atoms. The van der Waals surface area contributed by atoms with Crippen LogP contribution in [0.2, 0.25) is 0 Å². The molecule has 0 aromatic carbocycles. The van der Waals surface area contributed by atoms with Crippen LogP contribution in [0.5, 0.6) is 0 Å². The van der Waals surface area contributed by atoms with Crippen LogP contribution in [-0.2, 0) is 0 Å². The van der Waals surface area contributed by atoms with Gasteiger partial charge in [0.1, 0.15) is 0 Å². The number of likely N-dealkylation sites (tertiary alicyclic amines) is 1. The van der Waals surface area contributed by atoms with Crippen LogP contribution < -0.4 is 5.73 Å². The third-order valence-electron chi connectivity index (χ3n) is 3.17. The summed E-state index contributed by atoms with van der Waals surface area (Å²) in [7, 11) is 0. The number of β-amino-alcohol motifs (C(OH)–C–C–N with tert-alkyl or cyclic N) is 1. The van der Waals surface area contributed by atoms with Crippen molar-refractivity contribution in [1.82, 2.24) is 4.90 Å². The summed E-state index contributed by atoms with van der Waals surface area (Å²) in [4.78, 5) is 2.31. The molecular formula is C11H23N2O. The smallest absolute Gasteiger partial charge is 0.0814 e. The number of nitrogens with two attached hydrogens (primary N) is 1. The zero-order valence-electron chi connectivity index (χ0n) is 9.15. The molecule has 0 spiro atoms. The zero-order valence-corrected chi connectivity index (χ0v) is 9.15. The topological polar surface area (TPSA) is 49.5 Å². The summed E-state index contributed by atoms with van der Waals surface area (Å²) in [6.45, 7) is 8.69. The van der Waals surface area contributed by atoms with E-state index in [9.17, 15) is 5.11 Å². The summed E-state index contributed by atoms with van der Waals surface area (Å²) < 4.78 is 0. The molecular weight excluding hydrogens is 176 g/mol. The van der Waals surface area contributed by atoms with Crippen LogP contribution in [0, 0.1) is 12.8 Å². The van der Waals surface area contributed by atoms with Gasteiger partial charge in [-0.2, -0.15) is 0 Å². The first kappa shape index (κ1) is 12.0. The molecule has 3 N–H and O–H groups in total. The van der Waals surface area contributed by atoms with Crippen molar-refractivity contribution in [2.75, 3.05) is 19.6 Å². The van der Waals surface area contributed by atoms with E-state index in [0.717, 1.165) is 32.0 Å². The number of aliphatic hydroxyl groups is 1. The second-order valence-corrected chi connectivity index (χ2v) is 4.46. The van der Waals surface area contributed by atoms with Gasteiger partial charge in [0.05, 0.1) is 6.10 Å². The molecule has 1 aliphatic heterocycles. The van der Waals surface area contributed by atoms with Gasteiger partial charge in [0.15, 0.2) is 0 Å². The fourth-order valence-electron chi connectivity index (χ4n) is 1.89. The number of rotatable bonds is 4. The number of aliphatic hydroxyl groups excluding tert-OH is 1. The lowest BCUT2D eigenvalue weighted by Gasteiger charge is -2.33. The van der Waals surface area contributed by atoms with Crippen LogP contribution in [-0.4, -0.2) is 41.8 Å². The summed E-state index contributed by atoms with van der Waals surface area (Å²) in [6, 6.07) is -0.124. The SMILES string of the molecule is [CH2]CC1CCN(CC(O)C(C)N)CC1. The number of nitrogens with zero attached hydrogens (tertiary/aromatic N) is 1. The molecule has 83 valence electrons. The van der Waals surface area contributed by atoms with Crippen LogP contribution >= 0.6 is 0 Å². The molecule has 1 radical (unpaired) electrons. The third kappa shape index (κ3) is 3.56. The molecule has 1 rings (SSSR count). The minimum absolute atomic E-state index is 0.124. The van der Waals surface area contributed by atoms with Gasteiger partial charge in [-0.25, -0.2) is 0 Å². The predicted octanol–water partition coefficient (Wildman–Crippen LogP) is 0.631. The van der Waals surface area contributed by atoms with Crippen LogP contribution in [0.4, 0.5) is 0 Å². The monoisotopic (exact) mass is 199 g/mol. The van der Waals surface area contributed by atoms with Crippen LogP contribution in [0.3, 0.4) is 0 Å². The van der Waals surface area contributed by atoms with Crippen molar-refractivity contribution in [3.63, 3.8) is 0 Å². The van der Waals surface area contributed by atoms with Gasteiger partial charge in [-0.1, -0.05) is 13.3 Å². The van der Waals surface area contributed by atoms with Crippen molar-refractivity contribution in [3.8, 4) is 0 Å². The van der Waals surface area contributed by atoms with Gasteiger partial charge in [-0.05, 0) is 38.8 Å². The second kappa shape index (κ2) is 5.69. The van der Waals surface area contributed by atoms with Gasteiger partial charge in [-0.3, -0.25) is 0 Å². The average molecular weight is 199 g/mol. The molecule has 1 fully saturated rings. The van der Waals surface area contributed by atoms with E-state index >= 15 is 0 Å². The quantitative estimate of drug-likeness (QED) is 0.698. The number of hydrogen-bond acceptors (Lipinski definition) is 3. The highest BCUT2D eigenvalue weighted by Crippen LogP contribution is 2.19. The van der Waals surface area contributed by atoms with Gasteiger partial charge >= 0.3 is 0 Å². The van der Waals surface area contributed by atoms with Crippen molar-refractivity contribution in [3.05, 3.63) is 6.92 Å². The van der Waals surface area contributed by atoms with E-state index in [1.807, 2.05) is 6.92 Å². The van der Waals surface area contributed by atoms with Gasteiger partial charge in [0.25, 0.3) is 0 Å². The first-order valence-electron chi connectivity index (χ1n) is 5.58. The summed E-state index contributed by atoms with van der Waals surface area (Å²) in [5.74, 6) is 0.790. The Labute approximate surface area is 87.3 Å². The molecule has 0 aromatic heterocycles. The minimum Gasteiger partial charge on any atom is -0.390 e. The van der Waals surface area contributed by atoms with Gasteiger partial charge in [-0.15, -0.1) is 0 Å². The first-order valence-corrected chi connectivity index (χ1v) is 5.58. The maximum atomic E-state index is 9.62. The maximum absolute atomic E-state index is 9.62. The largest absolute Gasteiger partial charge is 0.390 e. The predicted molar refractivity (Wildman–Crippen MR) is 58.8 cm³/mol. The van der Waals surface area contributed by atoms with E-state index in [1.165, 1.54) is 12.8 Å². The first-order chi connectivity index (χ1) is 6.63. The third-order valence-corrected chi connectivity index (χ3v) is 3.17. The number of hydrogen-bond donors (Lipinski definition) is 2. The maximum Gasteiger partial charge on any atom is 0.0814 e. The summed E-state index contributed by atoms with van der Waals surface area (Å²) in [5, 5.41) is 9.62. The lowest BCUT2D eigenvalue weighted by molar-refractivity contribution is 0.0765. The van der Waals surface area contributed by atoms with Gasteiger partial charge in [0, 0.05) is 12.6 Å². The molecule has 0 saturated carbocycles. The molecule has 0 aliphatic carbocycles. The Morgan fingerprint density at radius 2 is 2.07 bits per heavy atom. The Morgan fingerprint density at radius 3 is 2.50 bits per heavy atom. The van der Waals surface area contributed by atoms with E-state index in [4.69, 9.17) is 5.73 Å². The summed E-state index contributed by atoms with van der Waals surface area (Å²) in [6.07, 6.45) is 3.10. The highest BCUT2D eigenvalue weighted by molar-refractivity contribution is 4.77. The average Bonchev–Trinajstić information content (AvgIpc) is 2.19. The normalized spacial score (nSPS) is 24.9. The summed E-state index contributed by atoms with van der Waals surface area (Å²) in [5.41, 5.74) is 5.62. The molecule has 3 nitrogen and oxygen atoms in total. The lowest BCUT2D eigenvalue weighted by Crippen LogP contribution is -2.44. The van der Waals surface area contributed by atoms with Crippen LogP contribution in [0.15, 0.2) is 0 Å². The van der Waals surface area contributed by atoms with Crippen molar-refractivity contribution in [1.29, 1.82) is 0 Å². The molecule has 1 saturated heterocycles. The fraction of sp³-hybridized carbons (Fsp3) is 0.909. The van der Waals surface area contributed by atoms with Crippen LogP contribution in [0.1, 0.15) is 26.2 Å². The van der Waals surface area contributed by atoms with Crippen LogP contribution in [0.25, 0.3) is 0 Å². The van der Waals surface area contributed by atoms with E-state index in [1.54, 1.807) is 0 Å². The molecule has 3 heteroatoms. The molecule has 2 unspecified atom stereocenters. The standard InChI is InChI=1S/C11H23N2O/c1-3-10-4-6-13(7-5-10)8-11(14)9(2)12/h9-11,14H,1,3-8,12H2,2H3. The Balaban J connectivity index is 2.22. The van der Waals surface area contributed by atoms with Crippen molar-refractivity contribution in [2.45, 2.75) is 38.3 Å².